The Kier molecular flexibility index (Phi) is 5.92. The maximum Gasteiger partial charge on any atom is 0.328 e. The molecule has 0 atom stereocenters. The number of para-hydroxylation sites is 1. The number of H-pyrrole nitrogens is 1. The monoisotopic (exact) mass is 394 g/mol. The zero-order valence-electron chi connectivity index (χ0n) is 16.2. The van der Waals surface area contributed by atoms with E-state index >= 15 is 0 Å². The fraction of sp³-hybridized carbons (Fsp3) is 0.238. The number of hydrogen-bond donors (Lipinski definition) is 3. The van der Waals surface area contributed by atoms with Crippen LogP contribution >= 0.6 is 0 Å². The van der Waals surface area contributed by atoms with Gasteiger partial charge in [-0.2, -0.15) is 0 Å². The highest BCUT2D eigenvalue weighted by Crippen LogP contribution is 2.21. The summed E-state index contributed by atoms with van der Waals surface area (Å²) in [6.07, 6.45) is 0.401. The van der Waals surface area contributed by atoms with Crippen molar-refractivity contribution in [2.75, 3.05) is 10.6 Å². The van der Waals surface area contributed by atoms with Crippen molar-refractivity contribution in [3.05, 3.63) is 68.9 Å². The van der Waals surface area contributed by atoms with Crippen LogP contribution in [0.15, 0.2) is 52.1 Å². The summed E-state index contributed by atoms with van der Waals surface area (Å²) in [5.74, 6) is -0.398. The lowest BCUT2D eigenvalue weighted by atomic mass is 10.1. The molecule has 0 fully saturated rings. The first-order valence-corrected chi connectivity index (χ1v) is 9.31. The average molecular weight is 394 g/mol. The Hall–Kier alpha value is -3.68. The topological polar surface area (TPSA) is 113 Å². The number of nitrogens with one attached hydrogen (secondary N) is 3. The van der Waals surface area contributed by atoms with Crippen molar-refractivity contribution < 1.29 is 9.59 Å². The Balaban J connectivity index is 1.75. The number of carbonyl (C=O) groups is 2. The third-order valence-electron chi connectivity index (χ3n) is 4.58. The molecule has 1 heterocycles. The van der Waals surface area contributed by atoms with E-state index in [9.17, 15) is 19.2 Å². The molecule has 0 aliphatic carbocycles. The van der Waals surface area contributed by atoms with E-state index in [0.29, 0.717) is 28.7 Å². The van der Waals surface area contributed by atoms with Crippen LogP contribution in [0.5, 0.6) is 0 Å². The van der Waals surface area contributed by atoms with Crippen molar-refractivity contribution in [2.24, 2.45) is 0 Å². The molecule has 3 N–H and O–H groups in total. The normalized spacial score (nSPS) is 10.7. The van der Waals surface area contributed by atoms with E-state index in [1.54, 1.807) is 49.4 Å². The number of fused-ring (bicyclic) bond motifs is 1. The van der Waals surface area contributed by atoms with Gasteiger partial charge in [0, 0.05) is 30.8 Å². The average Bonchev–Trinajstić information content (AvgIpc) is 2.70. The number of carbonyl (C=O) groups excluding carboxylic acids is 2. The van der Waals surface area contributed by atoms with Crippen LogP contribution in [0.2, 0.25) is 0 Å². The number of aromatic nitrogens is 2. The lowest BCUT2D eigenvalue weighted by Crippen LogP contribution is -2.31. The molecule has 0 saturated carbocycles. The van der Waals surface area contributed by atoms with Crippen molar-refractivity contribution in [3.8, 4) is 0 Å². The molecular formula is C21H22N4O4. The maximum atomic E-state index is 12.5. The SMILES string of the molecule is CCC(=O)Nc1ccc(C)c(NC(=O)CCn2c(=O)[nH]c(=O)c3ccccc32)c1. The molecule has 8 nitrogen and oxygen atoms in total. The molecule has 3 aromatic rings. The summed E-state index contributed by atoms with van der Waals surface area (Å²) >= 11 is 0. The van der Waals surface area contributed by atoms with Crippen LogP contribution in [0.25, 0.3) is 10.9 Å². The predicted molar refractivity (Wildman–Crippen MR) is 112 cm³/mol. The minimum absolute atomic E-state index is 0.0426. The number of aryl methyl sites for hydroxylation is 2. The number of aromatic amines is 1. The number of rotatable bonds is 6. The van der Waals surface area contributed by atoms with E-state index in [1.807, 2.05) is 6.92 Å². The van der Waals surface area contributed by atoms with Gasteiger partial charge in [0.25, 0.3) is 5.56 Å². The van der Waals surface area contributed by atoms with E-state index in [1.165, 1.54) is 4.57 Å². The van der Waals surface area contributed by atoms with Gasteiger partial charge in [-0.05, 0) is 36.8 Å². The van der Waals surface area contributed by atoms with Gasteiger partial charge in [0.05, 0.1) is 10.9 Å². The molecule has 0 radical (unpaired) electrons. The zero-order chi connectivity index (χ0) is 21.0. The van der Waals surface area contributed by atoms with Crippen LogP contribution in [0, 0.1) is 6.92 Å². The summed E-state index contributed by atoms with van der Waals surface area (Å²) < 4.78 is 1.38. The van der Waals surface area contributed by atoms with E-state index in [-0.39, 0.29) is 24.8 Å². The number of hydrogen-bond acceptors (Lipinski definition) is 4. The fourth-order valence-electron chi connectivity index (χ4n) is 2.97. The van der Waals surface area contributed by atoms with Crippen LogP contribution in [0.4, 0.5) is 11.4 Å². The minimum Gasteiger partial charge on any atom is -0.326 e. The molecular weight excluding hydrogens is 372 g/mol. The van der Waals surface area contributed by atoms with Gasteiger partial charge in [-0.15, -0.1) is 0 Å². The summed E-state index contributed by atoms with van der Waals surface area (Å²) in [5, 5.41) is 5.96. The van der Waals surface area contributed by atoms with Crippen molar-refractivity contribution in [1.82, 2.24) is 9.55 Å². The Labute approximate surface area is 166 Å². The van der Waals surface area contributed by atoms with E-state index < -0.39 is 11.2 Å². The number of nitrogens with zero attached hydrogens (tertiary/aromatic N) is 1. The summed E-state index contributed by atoms with van der Waals surface area (Å²) in [6, 6.07) is 12.0. The molecule has 3 rings (SSSR count). The third-order valence-corrected chi connectivity index (χ3v) is 4.58. The van der Waals surface area contributed by atoms with Crippen LogP contribution in [-0.2, 0) is 16.1 Å². The number of anilines is 2. The first-order chi connectivity index (χ1) is 13.9. The molecule has 0 unspecified atom stereocenters. The summed E-state index contributed by atoms with van der Waals surface area (Å²) in [5.41, 5.74) is 1.51. The largest absolute Gasteiger partial charge is 0.328 e. The van der Waals surface area contributed by atoms with Crippen molar-refractivity contribution in [3.63, 3.8) is 0 Å². The van der Waals surface area contributed by atoms with Gasteiger partial charge in [-0.3, -0.25) is 23.9 Å². The van der Waals surface area contributed by atoms with Gasteiger partial charge in [-0.1, -0.05) is 25.1 Å². The fourth-order valence-corrected chi connectivity index (χ4v) is 2.97. The Morgan fingerprint density at radius 3 is 2.55 bits per heavy atom. The van der Waals surface area contributed by atoms with Crippen LogP contribution in [0.1, 0.15) is 25.3 Å². The molecule has 8 heteroatoms. The molecule has 0 spiro atoms. The molecule has 0 saturated heterocycles. The number of amides is 2. The standard InChI is InChI=1S/C21H22N4O4/c1-3-18(26)22-14-9-8-13(2)16(12-14)23-19(27)10-11-25-17-7-5-4-6-15(17)20(28)24-21(25)29/h4-9,12H,3,10-11H2,1-2H3,(H,22,26)(H,23,27)(H,24,28,29). The van der Waals surface area contributed by atoms with Gasteiger partial charge in [0.1, 0.15) is 0 Å². The molecule has 29 heavy (non-hydrogen) atoms. The van der Waals surface area contributed by atoms with Gasteiger partial charge in [0.2, 0.25) is 11.8 Å². The van der Waals surface area contributed by atoms with E-state index in [4.69, 9.17) is 0 Å². The molecule has 0 bridgehead atoms. The summed E-state index contributed by atoms with van der Waals surface area (Å²) in [7, 11) is 0. The molecule has 0 aliphatic rings. The highest BCUT2D eigenvalue weighted by Gasteiger charge is 2.11. The second-order valence-electron chi connectivity index (χ2n) is 6.66. The lowest BCUT2D eigenvalue weighted by molar-refractivity contribution is -0.117. The summed E-state index contributed by atoms with van der Waals surface area (Å²) in [6.45, 7) is 3.73. The van der Waals surface area contributed by atoms with Gasteiger partial charge < -0.3 is 10.6 Å². The summed E-state index contributed by atoms with van der Waals surface area (Å²) in [4.78, 5) is 50.4. The van der Waals surface area contributed by atoms with Crippen molar-refractivity contribution in [2.45, 2.75) is 33.2 Å². The second-order valence-corrected chi connectivity index (χ2v) is 6.66. The third kappa shape index (κ3) is 4.60. The van der Waals surface area contributed by atoms with Crippen molar-refractivity contribution >= 4 is 34.1 Å². The first-order valence-electron chi connectivity index (χ1n) is 9.31. The highest BCUT2D eigenvalue weighted by atomic mass is 16.2. The van der Waals surface area contributed by atoms with Crippen molar-refractivity contribution in [1.29, 1.82) is 0 Å². The van der Waals surface area contributed by atoms with Gasteiger partial charge in [0.15, 0.2) is 0 Å². The van der Waals surface area contributed by atoms with Crippen LogP contribution < -0.4 is 21.9 Å². The number of benzene rings is 2. The zero-order valence-corrected chi connectivity index (χ0v) is 16.2. The Morgan fingerprint density at radius 1 is 1.03 bits per heavy atom. The lowest BCUT2D eigenvalue weighted by Gasteiger charge is -2.12. The maximum absolute atomic E-state index is 12.5. The van der Waals surface area contributed by atoms with E-state index in [0.717, 1.165) is 5.56 Å². The Bertz CT molecular complexity index is 1190. The quantitative estimate of drug-likeness (QED) is 0.596. The minimum atomic E-state index is -0.554. The second kappa shape index (κ2) is 8.55. The highest BCUT2D eigenvalue weighted by molar-refractivity contribution is 5.94. The van der Waals surface area contributed by atoms with Gasteiger partial charge >= 0.3 is 5.69 Å². The van der Waals surface area contributed by atoms with Crippen LogP contribution in [0.3, 0.4) is 0 Å². The molecule has 0 aliphatic heterocycles. The molecule has 2 amide bonds. The van der Waals surface area contributed by atoms with Crippen LogP contribution in [-0.4, -0.2) is 21.4 Å². The molecule has 2 aromatic carbocycles. The Morgan fingerprint density at radius 2 is 1.79 bits per heavy atom. The predicted octanol–water partition coefficient (Wildman–Crippen LogP) is 2.38. The molecule has 150 valence electrons. The molecule has 1 aromatic heterocycles. The van der Waals surface area contributed by atoms with E-state index in [2.05, 4.69) is 15.6 Å². The van der Waals surface area contributed by atoms with Gasteiger partial charge in [-0.25, -0.2) is 4.79 Å². The first kappa shape index (κ1) is 20.1. The smallest absolute Gasteiger partial charge is 0.326 e.